The van der Waals surface area contributed by atoms with Gasteiger partial charge in [0.1, 0.15) is 23.2 Å². The third-order valence-corrected chi connectivity index (χ3v) is 3.46. The van der Waals surface area contributed by atoms with E-state index in [2.05, 4.69) is 0 Å². The largest absolute Gasteiger partial charge is 0.465 e. The van der Waals surface area contributed by atoms with Crippen molar-refractivity contribution in [2.24, 2.45) is 5.92 Å². The molecule has 1 heterocycles. The Morgan fingerprint density at radius 3 is 2.58 bits per heavy atom. The first kappa shape index (κ1) is 16.9. The highest BCUT2D eigenvalue weighted by Crippen LogP contribution is 2.34. The molecule has 1 atom stereocenters. The van der Waals surface area contributed by atoms with Crippen molar-refractivity contribution in [3.8, 4) is 12.1 Å². The molecule has 120 valence electrons. The third kappa shape index (κ3) is 3.65. The number of nitro benzene ring substituents is 1. The lowest BCUT2D eigenvalue weighted by Gasteiger charge is -2.15. The van der Waals surface area contributed by atoms with E-state index in [-0.39, 0.29) is 17.9 Å². The Bertz CT molecular complexity index is 843. The maximum Gasteiger partial charge on any atom is 0.269 e. The van der Waals surface area contributed by atoms with E-state index in [1.54, 1.807) is 18.2 Å². The van der Waals surface area contributed by atoms with Gasteiger partial charge in [0.25, 0.3) is 5.69 Å². The zero-order valence-corrected chi connectivity index (χ0v) is 12.8. The van der Waals surface area contributed by atoms with Crippen LogP contribution < -0.4 is 0 Å². The van der Waals surface area contributed by atoms with Crippen LogP contribution in [0.3, 0.4) is 0 Å². The number of Topliss-reactive ketones (excluding diaryl/α,β-unsaturated/α-hetero) is 1. The summed E-state index contributed by atoms with van der Waals surface area (Å²) >= 11 is 0. The lowest BCUT2D eigenvalue weighted by molar-refractivity contribution is -0.384. The lowest BCUT2D eigenvalue weighted by Crippen LogP contribution is -2.11. The van der Waals surface area contributed by atoms with E-state index in [1.807, 2.05) is 12.1 Å². The van der Waals surface area contributed by atoms with Crippen LogP contribution in [0.15, 0.2) is 40.8 Å². The van der Waals surface area contributed by atoms with Gasteiger partial charge >= 0.3 is 0 Å². The highest BCUT2D eigenvalue weighted by Gasteiger charge is 2.29. The van der Waals surface area contributed by atoms with Gasteiger partial charge < -0.3 is 4.42 Å². The Hall–Kier alpha value is -3.45. The molecule has 0 amide bonds. The van der Waals surface area contributed by atoms with Crippen LogP contribution in [0.1, 0.15) is 29.9 Å². The fraction of sp³-hybridized carbons (Fsp3) is 0.235. The molecule has 0 aliphatic carbocycles. The summed E-state index contributed by atoms with van der Waals surface area (Å²) in [5, 5.41) is 29.5. The highest BCUT2D eigenvalue weighted by molar-refractivity contribution is 5.77. The van der Waals surface area contributed by atoms with Gasteiger partial charge in [0.15, 0.2) is 0 Å². The Morgan fingerprint density at radius 2 is 2.00 bits per heavy atom. The van der Waals surface area contributed by atoms with E-state index in [9.17, 15) is 25.4 Å². The molecule has 0 aliphatic heterocycles. The minimum Gasteiger partial charge on any atom is -0.465 e. The minimum atomic E-state index is -1.08. The molecule has 2 rings (SSSR count). The zero-order valence-electron chi connectivity index (χ0n) is 12.8. The zero-order chi connectivity index (χ0) is 17.7. The van der Waals surface area contributed by atoms with Crippen molar-refractivity contribution in [1.82, 2.24) is 0 Å². The summed E-state index contributed by atoms with van der Waals surface area (Å²) in [6, 6.07) is 12.7. The molecule has 0 fully saturated rings. The fourth-order valence-corrected chi connectivity index (χ4v) is 2.43. The van der Waals surface area contributed by atoms with Crippen molar-refractivity contribution in [3.63, 3.8) is 0 Å². The second-order valence-corrected chi connectivity index (χ2v) is 5.25. The Morgan fingerprint density at radius 1 is 1.29 bits per heavy atom. The molecule has 7 nitrogen and oxygen atoms in total. The summed E-state index contributed by atoms with van der Waals surface area (Å²) in [6.07, 6.45) is 0.103. The highest BCUT2D eigenvalue weighted by atomic mass is 16.6. The second kappa shape index (κ2) is 7.21. The van der Waals surface area contributed by atoms with Gasteiger partial charge in [-0.05, 0) is 24.6 Å². The van der Waals surface area contributed by atoms with Crippen molar-refractivity contribution in [1.29, 1.82) is 10.5 Å². The van der Waals surface area contributed by atoms with Gasteiger partial charge in [-0.25, -0.2) is 0 Å². The van der Waals surface area contributed by atoms with E-state index in [4.69, 9.17) is 4.42 Å². The Labute approximate surface area is 137 Å². The molecule has 0 saturated carbocycles. The third-order valence-electron chi connectivity index (χ3n) is 3.46. The number of hydrogen-bond donors (Lipinski definition) is 0. The number of ketones is 1. The average molecular weight is 323 g/mol. The van der Waals surface area contributed by atoms with Crippen molar-refractivity contribution < 1.29 is 14.1 Å². The lowest BCUT2D eigenvalue weighted by atomic mass is 9.85. The maximum atomic E-state index is 11.2. The van der Waals surface area contributed by atoms with Crippen LogP contribution in [-0.2, 0) is 11.2 Å². The number of hydrogen-bond acceptors (Lipinski definition) is 6. The van der Waals surface area contributed by atoms with E-state index >= 15 is 0 Å². The first-order chi connectivity index (χ1) is 11.5. The molecule has 0 saturated heterocycles. The number of non-ortho nitro benzene ring substituents is 1. The van der Waals surface area contributed by atoms with E-state index < -0.39 is 16.8 Å². The molecule has 7 heteroatoms. The first-order valence-corrected chi connectivity index (χ1v) is 7.08. The number of nitrogens with zero attached hydrogens (tertiary/aromatic N) is 3. The maximum absolute atomic E-state index is 11.2. The van der Waals surface area contributed by atoms with Crippen LogP contribution >= 0.6 is 0 Å². The van der Waals surface area contributed by atoms with E-state index in [0.29, 0.717) is 17.1 Å². The van der Waals surface area contributed by atoms with Gasteiger partial charge in [-0.1, -0.05) is 12.1 Å². The van der Waals surface area contributed by atoms with Crippen molar-refractivity contribution in [2.45, 2.75) is 19.3 Å². The average Bonchev–Trinajstić information content (AvgIpc) is 2.99. The number of carbonyl (C=O) groups excluding carboxylic acids is 1. The predicted molar refractivity (Wildman–Crippen MR) is 82.7 cm³/mol. The Kier molecular flexibility index (Phi) is 5.08. The first-order valence-electron chi connectivity index (χ1n) is 7.08. The quantitative estimate of drug-likeness (QED) is 0.594. The van der Waals surface area contributed by atoms with Crippen LogP contribution in [0.25, 0.3) is 0 Å². The number of furan rings is 1. The van der Waals surface area contributed by atoms with Gasteiger partial charge in [-0.3, -0.25) is 14.9 Å². The molecule has 1 aromatic carbocycles. The molecule has 24 heavy (non-hydrogen) atoms. The smallest absolute Gasteiger partial charge is 0.269 e. The van der Waals surface area contributed by atoms with E-state index in [1.165, 1.54) is 25.1 Å². The molecule has 0 radical (unpaired) electrons. The summed E-state index contributed by atoms with van der Waals surface area (Å²) in [4.78, 5) is 21.6. The monoisotopic (exact) mass is 323 g/mol. The molecule has 0 spiro atoms. The standard InChI is InChI=1S/C17H13N3O4/c1-11(21)7-15-5-6-16(24-15)17(13(9-18)10-19)12-3-2-4-14(8-12)20(22)23/h2-6,8,13,17H,7H2,1H3/t17-/m0/s1. The van der Waals surface area contributed by atoms with Crippen LogP contribution in [0, 0.1) is 38.7 Å². The predicted octanol–water partition coefficient (Wildman–Crippen LogP) is 3.11. The molecular formula is C17H13N3O4. The van der Waals surface area contributed by atoms with Crippen LogP contribution in [0.4, 0.5) is 5.69 Å². The SMILES string of the molecule is CC(=O)Cc1ccc([C@@H](c2cccc([N+](=O)[O-])c2)C(C#N)C#N)o1. The molecule has 0 unspecified atom stereocenters. The topological polar surface area (TPSA) is 121 Å². The fourth-order valence-electron chi connectivity index (χ4n) is 2.43. The van der Waals surface area contributed by atoms with Gasteiger partial charge in [-0.15, -0.1) is 0 Å². The van der Waals surface area contributed by atoms with Crippen molar-refractivity contribution in [2.75, 3.05) is 0 Å². The summed E-state index contributed by atoms with van der Waals surface area (Å²) < 4.78 is 5.60. The number of benzene rings is 1. The summed E-state index contributed by atoms with van der Waals surface area (Å²) in [7, 11) is 0. The van der Waals surface area contributed by atoms with Gasteiger partial charge in [0.2, 0.25) is 0 Å². The summed E-state index contributed by atoms with van der Waals surface area (Å²) in [6.45, 7) is 1.42. The normalized spacial score (nSPS) is 11.5. The minimum absolute atomic E-state index is 0.0834. The second-order valence-electron chi connectivity index (χ2n) is 5.25. The number of nitriles is 2. The van der Waals surface area contributed by atoms with Crippen LogP contribution in [-0.4, -0.2) is 10.7 Å². The Balaban J connectivity index is 2.50. The molecule has 1 aromatic heterocycles. The van der Waals surface area contributed by atoms with E-state index in [0.717, 1.165) is 0 Å². The number of carbonyl (C=O) groups is 1. The van der Waals surface area contributed by atoms with Gasteiger partial charge in [-0.2, -0.15) is 10.5 Å². The number of rotatable bonds is 6. The molecule has 0 bridgehead atoms. The van der Waals surface area contributed by atoms with Crippen LogP contribution in [0.5, 0.6) is 0 Å². The van der Waals surface area contributed by atoms with Crippen LogP contribution in [0.2, 0.25) is 0 Å². The molecule has 0 N–H and O–H groups in total. The van der Waals surface area contributed by atoms with Crippen molar-refractivity contribution >= 4 is 11.5 Å². The van der Waals surface area contributed by atoms with Gasteiger partial charge in [0.05, 0.1) is 29.4 Å². The van der Waals surface area contributed by atoms with Crippen molar-refractivity contribution in [3.05, 3.63) is 63.6 Å². The number of nitro groups is 1. The molecule has 2 aromatic rings. The molecule has 0 aliphatic rings. The van der Waals surface area contributed by atoms with Gasteiger partial charge in [0, 0.05) is 12.1 Å². The molecular weight excluding hydrogens is 310 g/mol. The summed E-state index contributed by atoms with van der Waals surface area (Å²) in [5.41, 5.74) is 0.295. The summed E-state index contributed by atoms with van der Waals surface area (Å²) in [5.74, 6) is -1.20.